The maximum atomic E-state index is 12.1. The Morgan fingerprint density at radius 1 is 1.33 bits per heavy atom. The number of carbonyl (C=O) groups excluding carboxylic acids is 1. The van der Waals surface area contributed by atoms with Crippen LogP contribution in [0.15, 0.2) is 36.5 Å². The fraction of sp³-hybridized carbons (Fsp3) is 0.333. The van der Waals surface area contributed by atoms with E-state index in [1.165, 1.54) is 16.6 Å². The van der Waals surface area contributed by atoms with Crippen molar-refractivity contribution in [3.8, 4) is 0 Å². The van der Waals surface area contributed by atoms with Crippen LogP contribution in [0.5, 0.6) is 0 Å². The maximum Gasteiger partial charge on any atom is 0.220 e. The van der Waals surface area contributed by atoms with Gasteiger partial charge in [0.05, 0.1) is 24.5 Å². The molecule has 4 rings (SSSR count). The van der Waals surface area contributed by atoms with E-state index < -0.39 is 0 Å². The van der Waals surface area contributed by atoms with Gasteiger partial charge in [0, 0.05) is 36.6 Å². The highest BCUT2D eigenvalue weighted by Crippen LogP contribution is 2.18. The quantitative estimate of drug-likeness (QED) is 0.669. The molecule has 0 spiro atoms. The van der Waals surface area contributed by atoms with Crippen LogP contribution in [-0.4, -0.2) is 27.2 Å². The Kier molecular flexibility index (Phi) is 4.04. The molecule has 1 aliphatic rings. The third-order valence-corrected chi connectivity index (χ3v) is 4.48. The van der Waals surface area contributed by atoms with Gasteiger partial charge in [-0.3, -0.25) is 9.48 Å². The van der Waals surface area contributed by atoms with Gasteiger partial charge in [0.2, 0.25) is 5.91 Å². The molecular formula is C18H21N5O. The van der Waals surface area contributed by atoms with Crippen LogP contribution in [0.3, 0.4) is 0 Å². The second kappa shape index (κ2) is 6.49. The van der Waals surface area contributed by atoms with E-state index in [1.807, 2.05) is 29.1 Å². The van der Waals surface area contributed by atoms with Crippen molar-refractivity contribution in [2.24, 2.45) is 0 Å². The number of rotatable bonds is 5. The highest BCUT2D eigenvalue weighted by molar-refractivity contribution is 5.84. The molecule has 0 radical (unpaired) electrons. The molecule has 6 nitrogen and oxygen atoms in total. The number of fused-ring (bicyclic) bond motifs is 2. The SMILES string of the molecule is O=C(CCc1c[nH]c2ccccc12)NCc1cc2n(n1)CCNC2. The summed E-state index contributed by atoms with van der Waals surface area (Å²) in [4.78, 5) is 15.4. The summed E-state index contributed by atoms with van der Waals surface area (Å²) in [5, 5.41) is 12.0. The molecule has 0 saturated heterocycles. The molecule has 1 aromatic carbocycles. The normalized spacial score (nSPS) is 13.8. The van der Waals surface area contributed by atoms with Crippen LogP contribution < -0.4 is 10.6 Å². The van der Waals surface area contributed by atoms with Crippen molar-refractivity contribution in [3.05, 3.63) is 53.5 Å². The van der Waals surface area contributed by atoms with Crippen molar-refractivity contribution >= 4 is 16.8 Å². The summed E-state index contributed by atoms with van der Waals surface area (Å²) < 4.78 is 2.02. The van der Waals surface area contributed by atoms with Gasteiger partial charge in [0.25, 0.3) is 0 Å². The summed E-state index contributed by atoms with van der Waals surface area (Å²) in [6, 6.07) is 10.2. The zero-order chi connectivity index (χ0) is 16.4. The Morgan fingerprint density at radius 3 is 3.17 bits per heavy atom. The topological polar surface area (TPSA) is 74.7 Å². The number of amides is 1. The zero-order valence-electron chi connectivity index (χ0n) is 13.5. The van der Waals surface area contributed by atoms with E-state index in [0.29, 0.717) is 13.0 Å². The van der Waals surface area contributed by atoms with Gasteiger partial charge in [0.15, 0.2) is 0 Å². The average Bonchev–Trinajstić information content (AvgIpc) is 3.21. The van der Waals surface area contributed by atoms with Crippen LogP contribution in [0.2, 0.25) is 0 Å². The van der Waals surface area contributed by atoms with E-state index in [4.69, 9.17) is 0 Å². The van der Waals surface area contributed by atoms with Gasteiger partial charge in [-0.1, -0.05) is 18.2 Å². The van der Waals surface area contributed by atoms with Crippen molar-refractivity contribution in [1.29, 1.82) is 0 Å². The molecule has 0 unspecified atom stereocenters. The van der Waals surface area contributed by atoms with E-state index in [0.717, 1.165) is 37.3 Å². The van der Waals surface area contributed by atoms with Crippen LogP contribution >= 0.6 is 0 Å². The van der Waals surface area contributed by atoms with Gasteiger partial charge in [0.1, 0.15) is 0 Å². The fourth-order valence-electron chi connectivity index (χ4n) is 3.20. The number of hydrogen-bond donors (Lipinski definition) is 3. The number of nitrogens with one attached hydrogen (secondary N) is 3. The molecule has 0 saturated carbocycles. The molecule has 0 aliphatic carbocycles. The summed E-state index contributed by atoms with van der Waals surface area (Å²) in [6.45, 7) is 3.18. The Morgan fingerprint density at radius 2 is 2.25 bits per heavy atom. The lowest BCUT2D eigenvalue weighted by atomic mass is 10.1. The molecule has 24 heavy (non-hydrogen) atoms. The van der Waals surface area contributed by atoms with Crippen LogP contribution in [0.4, 0.5) is 0 Å². The molecule has 0 fully saturated rings. The zero-order valence-corrected chi connectivity index (χ0v) is 13.5. The van der Waals surface area contributed by atoms with Crippen LogP contribution in [-0.2, 0) is 30.8 Å². The molecular weight excluding hydrogens is 302 g/mol. The van der Waals surface area contributed by atoms with E-state index in [1.54, 1.807) is 0 Å². The first kappa shape index (κ1) is 15.0. The molecule has 6 heteroatoms. The number of carbonyl (C=O) groups is 1. The Bertz CT molecular complexity index is 840. The highest BCUT2D eigenvalue weighted by atomic mass is 16.1. The largest absolute Gasteiger partial charge is 0.361 e. The minimum absolute atomic E-state index is 0.0596. The van der Waals surface area contributed by atoms with Crippen molar-refractivity contribution in [2.45, 2.75) is 32.5 Å². The first-order valence-electron chi connectivity index (χ1n) is 8.37. The number of benzene rings is 1. The second-order valence-corrected chi connectivity index (χ2v) is 6.16. The molecule has 3 heterocycles. The second-order valence-electron chi connectivity index (χ2n) is 6.16. The minimum atomic E-state index is 0.0596. The Balaban J connectivity index is 1.31. The smallest absolute Gasteiger partial charge is 0.220 e. The number of H-pyrrole nitrogens is 1. The molecule has 1 aliphatic heterocycles. The standard InChI is InChI=1S/C18H21N5O/c24-18(6-5-13-10-20-17-4-2-1-3-16(13)17)21-11-14-9-15-12-19-7-8-23(15)22-14/h1-4,9-10,19-20H,5-8,11-12H2,(H,21,24). The number of nitrogens with zero attached hydrogens (tertiary/aromatic N) is 2. The van der Waals surface area contributed by atoms with Gasteiger partial charge in [-0.25, -0.2) is 0 Å². The minimum Gasteiger partial charge on any atom is -0.361 e. The predicted molar refractivity (Wildman–Crippen MR) is 92.4 cm³/mol. The highest BCUT2D eigenvalue weighted by Gasteiger charge is 2.12. The first-order chi connectivity index (χ1) is 11.8. The number of aromatic amines is 1. The molecule has 0 atom stereocenters. The molecule has 2 aromatic heterocycles. The number of aromatic nitrogens is 3. The third kappa shape index (κ3) is 3.05. The van der Waals surface area contributed by atoms with E-state index in [-0.39, 0.29) is 5.91 Å². The third-order valence-electron chi connectivity index (χ3n) is 4.48. The van der Waals surface area contributed by atoms with E-state index >= 15 is 0 Å². The lowest BCUT2D eigenvalue weighted by Crippen LogP contribution is -2.28. The van der Waals surface area contributed by atoms with Gasteiger partial charge < -0.3 is 15.6 Å². The van der Waals surface area contributed by atoms with Gasteiger partial charge in [-0.05, 0) is 24.1 Å². The predicted octanol–water partition coefficient (Wildman–Crippen LogP) is 1.72. The van der Waals surface area contributed by atoms with Crippen molar-refractivity contribution < 1.29 is 4.79 Å². The van der Waals surface area contributed by atoms with Crippen LogP contribution in [0.25, 0.3) is 10.9 Å². The van der Waals surface area contributed by atoms with Crippen molar-refractivity contribution in [2.75, 3.05) is 6.54 Å². The maximum absolute atomic E-state index is 12.1. The molecule has 124 valence electrons. The molecule has 0 bridgehead atoms. The summed E-state index contributed by atoms with van der Waals surface area (Å²) in [7, 11) is 0. The number of para-hydroxylation sites is 1. The average molecular weight is 323 g/mol. The monoisotopic (exact) mass is 323 g/mol. The van der Waals surface area contributed by atoms with Crippen LogP contribution in [0.1, 0.15) is 23.4 Å². The van der Waals surface area contributed by atoms with Gasteiger partial charge >= 0.3 is 0 Å². The van der Waals surface area contributed by atoms with Crippen LogP contribution in [0, 0.1) is 0 Å². The molecule has 3 N–H and O–H groups in total. The van der Waals surface area contributed by atoms with Gasteiger partial charge in [-0.15, -0.1) is 0 Å². The summed E-state index contributed by atoms with van der Waals surface area (Å²) in [6.07, 6.45) is 3.21. The van der Waals surface area contributed by atoms with Crippen molar-refractivity contribution in [3.63, 3.8) is 0 Å². The van der Waals surface area contributed by atoms with Gasteiger partial charge in [-0.2, -0.15) is 5.10 Å². The lowest BCUT2D eigenvalue weighted by Gasteiger charge is -2.13. The fourth-order valence-corrected chi connectivity index (χ4v) is 3.20. The number of aryl methyl sites for hydroxylation is 1. The summed E-state index contributed by atoms with van der Waals surface area (Å²) >= 11 is 0. The van der Waals surface area contributed by atoms with E-state index in [2.05, 4.69) is 32.8 Å². The van der Waals surface area contributed by atoms with E-state index in [9.17, 15) is 4.79 Å². The molecule has 3 aromatic rings. The lowest BCUT2D eigenvalue weighted by molar-refractivity contribution is -0.121. The summed E-state index contributed by atoms with van der Waals surface area (Å²) in [5.41, 5.74) is 4.41. The Labute approximate surface area is 140 Å². The number of hydrogen-bond acceptors (Lipinski definition) is 3. The van der Waals surface area contributed by atoms with Crippen molar-refractivity contribution in [1.82, 2.24) is 25.4 Å². The Hall–Kier alpha value is -2.60. The first-order valence-corrected chi connectivity index (χ1v) is 8.37. The summed E-state index contributed by atoms with van der Waals surface area (Å²) in [5.74, 6) is 0.0596. The molecule has 1 amide bonds.